The summed E-state index contributed by atoms with van der Waals surface area (Å²) in [4.78, 5) is 21.1. The van der Waals surface area contributed by atoms with Gasteiger partial charge in [-0.05, 0) is 31.2 Å². The standard InChI is InChI=1S/C16H10N4O/c1-2-20-13(7-17)9-3-5-11-15-12(19-8-18-11)6-4-10(14(9)15)16(20)21/h3-6,8H,2H2,1H3. The van der Waals surface area contributed by atoms with Crippen molar-refractivity contribution in [1.29, 1.82) is 5.26 Å². The fourth-order valence-electron chi connectivity index (χ4n) is 3.02. The van der Waals surface area contributed by atoms with Crippen molar-refractivity contribution in [2.75, 3.05) is 0 Å². The van der Waals surface area contributed by atoms with Gasteiger partial charge in [0.05, 0.1) is 11.0 Å². The number of hydrogen-bond acceptors (Lipinski definition) is 4. The second-order valence-corrected chi connectivity index (χ2v) is 4.90. The summed E-state index contributed by atoms with van der Waals surface area (Å²) in [6.07, 6.45) is 1.51. The highest BCUT2D eigenvalue weighted by atomic mass is 16.1. The molecular weight excluding hydrogens is 264 g/mol. The minimum Gasteiger partial charge on any atom is -0.299 e. The van der Waals surface area contributed by atoms with Crippen molar-refractivity contribution in [3.8, 4) is 6.07 Å². The number of pyridine rings is 1. The fourth-order valence-corrected chi connectivity index (χ4v) is 3.02. The van der Waals surface area contributed by atoms with Crippen LogP contribution in [-0.2, 0) is 6.54 Å². The second kappa shape index (κ2) is 4.00. The summed E-state index contributed by atoms with van der Waals surface area (Å²) in [5.41, 5.74) is 1.83. The maximum Gasteiger partial charge on any atom is 0.259 e. The third kappa shape index (κ3) is 1.36. The van der Waals surface area contributed by atoms with Crippen molar-refractivity contribution in [1.82, 2.24) is 14.5 Å². The molecule has 4 rings (SSSR count). The monoisotopic (exact) mass is 274 g/mol. The molecule has 2 aromatic heterocycles. The molecule has 0 aliphatic heterocycles. The van der Waals surface area contributed by atoms with Gasteiger partial charge in [0.25, 0.3) is 5.56 Å². The average molecular weight is 274 g/mol. The largest absolute Gasteiger partial charge is 0.299 e. The SMILES string of the molecule is CCn1c(C#N)c2ccc3ncnc4ccc(c1=O)c2c34. The molecule has 0 spiro atoms. The topological polar surface area (TPSA) is 71.6 Å². The lowest BCUT2D eigenvalue weighted by molar-refractivity contribution is 0.728. The quantitative estimate of drug-likeness (QED) is 0.500. The van der Waals surface area contributed by atoms with Gasteiger partial charge < -0.3 is 0 Å². The molecule has 0 fully saturated rings. The zero-order valence-corrected chi connectivity index (χ0v) is 11.3. The molecule has 21 heavy (non-hydrogen) atoms. The first-order chi connectivity index (χ1) is 10.3. The molecule has 0 bridgehead atoms. The third-order valence-electron chi connectivity index (χ3n) is 3.93. The summed E-state index contributed by atoms with van der Waals surface area (Å²) in [5.74, 6) is 0. The van der Waals surface area contributed by atoms with Gasteiger partial charge in [-0.25, -0.2) is 9.97 Å². The highest BCUT2D eigenvalue weighted by Gasteiger charge is 2.17. The molecule has 0 aliphatic carbocycles. The van der Waals surface area contributed by atoms with E-state index in [4.69, 9.17) is 0 Å². The van der Waals surface area contributed by atoms with Crippen LogP contribution >= 0.6 is 0 Å². The maximum absolute atomic E-state index is 12.6. The highest BCUT2D eigenvalue weighted by Crippen LogP contribution is 2.32. The molecular formula is C16H10N4O. The molecule has 0 amide bonds. The number of hydrogen-bond donors (Lipinski definition) is 0. The van der Waals surface area contributed by atoms with Crippen LogP contribution in [0.3, 0.4) is 0 Å². The fraction of sp³-hybridized carbons (Fsp3) is 0.125. The Hall–Kier alpha value is -3.00. The van der Waals surface area contributed by atoms with E-state index in [0.29, 0.717) is 17.6 Å². The van der Waals surface area contributed by atoms with Gasteiger partial charge in [0.1, 0.15) is 18.1 Å². The third-order valence-corrected chi connectivity index (χ3v) is 3.93. The van der Waals surface area contributed by atoms with E-state index in [1.807, 2.05) is 25.1 Å². The van der Waals surface area contributed by atoms with Gasteiger partial charge in [0.2, 0.25) is 0 Å². The lowest BCUT2D eigenvalue weighted by atomic mass is 9.98. The van der Waals surface area contributed by atoms with Crippen LogP contribution in [0.5, 0.6) is 0 Å². The normalized spacial score (nSPS) is 11.4. The molecule has 0 N–H and O–H groups in total. The van der Waals surface area contributed by atoms with Crippen LogP contribution in [0, 0.1) is 11.3 Å². The van der Waals surface area contributed by atoms with Crippen molar-refractivity contribution in [2.24, 2.45) is 0 Å². The molecule has 0 saturated carbocycles. The van der Waals surface area contributed by atoms with Crippen LogP contribution in [0.1, 0.15) is 12.6 Å². The molecule has 0 unspecified atom stereocenters. The molecule has 0 saturated heterocycles. The zero-order chi connectivity index (χ0) is 14.6. The number of nitriles is 1. The Morgan fingerprint density at radius 1 is 1.10 bits per heavy atom. The van der Waals surface area contributed by atoms with Crippen LogP contribution in [0.2, 0.25) is 0 Å². The first-order valence-electron chi connectivity index (χ1n) is 6.68. The van der Waals surface area contributed by atoms with E-state index in [0.717, 1.165) is 27.2 Å². The van der Waals surface area contributed by atoms with E-state index in [1.165, 1.54) is 10.9 Å². The summed E-state index contributed by atoms with van der Waals surface area (Å²) in [5, 5.41) is 12.5. The number of rotatable bonds is 1. The lowest BCUT2D eigenvalue weighted by Gasteiger charge is -2.13. The van der Waals surface area contributed by atoms with Gasteiger partial charge in [-0.1, -0.05) is 0 Å². The van der Waals surface area contributed by atoms with Crippen molar-refractivity contribution in [3.63, 3.8) is 0 Å². The van der Waals surface area contributed by atoms with Gasteiger partial charge >= 0.3 is 0 Å². The summed E-state index contributed by atoms with van der Waals surface area (Å²) < 4.78 is 1.52. The number of aromatic nitrogens is 3. The summed E-state index contributed by atoms with van der Waals surface area (Å²) >= 11 is 0. The van der Waals surface area contributed by atoms with Gasteiger partial charge in [0, 0.05) is 28.1 Å². The Kier molecular flexibility index (Phi) is 2.24. The Morgan fingerprint density at radius 3 is 2.38 bits per heavy atom. The first-order valence-corrected chi connectivity index (χ1v) is 6.68. The molecule has 100 valence electrons. The van der Waals surface area contributed by atoms with Crippen LogP contribution in [0.4, 0.5) is 0 Å². The van der Waals surface area contributed by atoms with Crippen molar-refractivity contribution < 1.29 is 0 Å². The Balaban J connectivity index is 2.45. The highest BCUT2D eigenvalue weighted by molar-refractivity contribution is 6.21. The van der Waals surface area contributed by atoms with Crippen molar-refractivity contribution >= 4 is 32.6 Å². The predicted molar refractivity (Wildman–Crippen MR) is 80.4 cm³/mol. The maximum atomic E-state index is 12.6. The van der Waals surface area contributed by atoms with Crippen molar-refractivity contribution in [3.05, 3.63) is 46.6 Å². The predicted octanol–water partition coefficient (Wildman–Crippen LogP) is 2.43. The van der Waals surface area contributed by atoms with Gasteiger partial charge in [-0.15, -0.1) is 0 Å². The first kappa shape index (κ1) is 11.8. The van der Waals surface area contributed by atoms with Crippen LogP contribution in [0.25, 0.3) is 32.6 Å². The minimum absolute atomic E-state index is 0.139. The number of benzene rings is 2. The minimum atomic E-state index is -0.139. The number of nitrogens with zero attached hydrogens (tertiary/aromatic N) is 4. The molecule has 5 nitrogen and oxygen atoms in total. The molecule has 2 aromatic carbocycles. The van der Waals surface area contributed by atoms with E-state index < -0.39 is 0 Å². The van der Waals surface area contributed by atoms with Crippen LogP contribution in [0.15, 0.2) is 35.4 Å². The second-order valence-electron chi connectivity index (χ2n) is 4.90. The van der Waals surface area contributed by atoms with E-state index in [2.05, 4.69) is 16.0 Å². The molecule has 0 radical (unpaired) electrons. The van der Waals surface area contributed by atoms with Gasteiger partial charge in [-0.3, -0.25) is 9.36 Å². The Bertz CT molecular complexity index is 1090. The van der Waals surface area contributed by atoms with Crippen molar-refractivity contribution in [2.45, 2.75) is 13.5 Å². The molecule has 4 aromatic rings. The molecule has 0 atom stereocenters. The summed E-state index contributed by atoms with van der Waals surface area (Å²) in [6.45, 7) is 2.33. The smallest absolute Gasteiger partial charge is 0.259 e. The Labute approximate surface area is 119 Å². The summed E-state index contributed by atoms with van der Waals surface area (Å²) in [6, 6.07) is 9.52. The van der Waals surface area contributed by atoms with Crippen LogP contribution < -0.4 is 5.56 Å². The van der Waals surface area contributed by atoms with E-state index in [1.54, 1.807) is 6.07 Å². The van der Waals surface area contributed by atoms with Crippen LogP contribution in [-0.4, -0.2) is 14.5 Å². The van der Waals surface area contributed by atoms with Gasteiger partial charge in [-0.2, -0.15) is 5.26 Å². The molecule has 0 aliphatic rings. The van der Waals surface area contributed by atoms with E-state index in [9.17, 15) is 10.1 Å². The zero-order valence-electron chi connectivity index (χ0n) is 11.3. The van der Waals surface area contributed by atoms with E-state index in [-0.39, 0.29) is 5.56 Å². The summed E-state index contributed by atoms with van der Waals surface area (Å²) in [7, 11) is 0. The van der Waals surface area contributed by atoms with E-state index >= 15 is 0 Å². The Morgan fingerprint density at radius 2 is 1.76 bits per heavy atom. The lowest BCUT2D eigenvalue weighted by Crippen LogP contribution is -2.22. The molecule has 5 heteroatoms. The molecule has 2 heterocycles. The van der Waals surface area contributed by atoms with Gasteiger partial charge in [0.15, 0.2) is 0 Å². The average Bonchev–Trinajstić information content (AvgIpc) is 2.53.